The molecule has 1 aromatic carbocycles. The topological polar surface area (TPSA) is 69.6 Å². The van der Waals surface area contributed by atoms with Crippen LogP contribution >= 0.6 is 23.2 Å². The Balaban J connectivity index is 2.23. The summed E-state index contributed by atoms with van der Waals surface area (Å²) in [5, 5.41) is 21.8. The fourth-order valence-corrected chi connectivity index (χ4v) is 2.76. The van der Waals surface area contributed by atoms with E-state index in [0.29, 0.717) is 10.0 Å². The van der Waals surface area contributed by atoms with Crippen LogP contribution in [-0.2, 0) is 0 Å². The SMILES string of the molecule is CC(O)C1CC1C(NC(=O)O)c1ccc(Cl)c(Cl)c1. The van der Waals surface area contributed by atoms with Gasteiger partial charge in [-0.3, -0.25) is 0 Å². The smallest absolute Gasteiger partial charge is 0.405 e. The monoisotopic (exact) mass is 303 g/mol. The molecule has 1 aliphatic carbocycles. The number of hydrogen-bond donors (Lipinski definition) is 3. The molecule has 2 rings (SSSR count). The summed E-state index contributed by atoms with van der Waals surface area (Å²) in [6, 6.07) is 4.70. The van der Waals surface area contributed by atoms with Crippen molar-refractivity contribution >= 4 is 29.3 Å². The first-order valence-corrected chi connectivity index (χ1v) is 6.78. The van der Waals surface area contributed by atoms with Crippen molar-refractivity contribution in [3.8, 4) is 0 Å². The van der Waals surface area contributed by atoms with Gasteiger partial charge in [-0.05, 0) is 42.9 Å². The molecule has 0 aromatic heterocycles. The van der Waals surface area contributed by atoms with Crippen LogP contribution in [-0.4, -0.2) is 22.4 Å². The maximum absolute atomic E-state index is 10.9. The number of carboxylic acid groups (broad SMARTS) is 1. The normalized spacial score (nSPS) is 24.6. The fourth-order valence-electron chi connectivity index (χ4n) is 2.45. The maximum Gasteiger partial charge on any atom is 0.405 e. The van der Waals surface area contributed by atoms with Gasteiger partial charge >= 0.3 is 6.09 Å². The second kappa shape index (κ2) is 5.57. The Morgan fingerprint density at radius 2 is 2.05 bits per heavy atom. The first-order chi connectivity index (χ1) is 8.90. The predicted molar refractivity (Wildman–Crippen MR) is 73.6 cm³/mol. The molecule has 0 heterocycles. The number of nitrogens with one attached hydrogen (secondary N) is 1. The highest BCUT2D eigenvalue weighted by molar-refractivity contribution is 6.42. The maximum atomic E-state index is 10.9. The van der Waals surface area contributed by atoms with Gasteiger partial charge in [0.1, 0.15) is 0 Å². The molecule has 4 nitrogen and oxygen atoms in total. The molecule has 1 amide bonds. The summed E-state index contributed by atoms with van der Waals surface area (Å²) in [6.45, 7) is 1.72. The van der Waals surface area contributed by atoms with Gasteiger partial charge in [0.15, 0.2) is 0 Å². The van der Waals surface area contributed by atoms with Crippen LogP contribution in [0.4, 0.5) is 4.79 Å². The lowest BCUT2D eigenvalue weighted by molar-refractivity contribution is 0.156. The third-order valence-electron chi connectivity index (χ3n) is 3.52. The number of benzene rings is 1. The minimum atomic E-state index is -1.09. The molecule has 4 unspecified atom stereocenters. The summed E-state index contributed by atoms with van der Waals surface area (Å²) in [5.41, 5.74) is 0.768. The number of aliphatic hydroxyl groups is 1. The van der Waals surface area contributed by atoms with Crippen LogP contribution in [0.3, 0.4) is 0 Å². The van der Waals surface area contributed by atoms with Gasteiger partial charge in [0.2, 0.25) is 0 Å². The van der Waals surface area contributed by atoms with Crippen molar-refractivity contribution in [2.45, 2.75) is 25.5 Å². The number of hydrogen-bond acceptors (Lipinski definition) is 2. The fraction of sp³-hybridized carbons (Fsp3) is 0.462. The second-order valence-electron chi connectivity index (χ2n) is 4.90. The lowest BCUT2D eigenvalue weighted by atomic mass is 10.00. The molecule has 6 heteroatoms. The Kier molecular flexibility index (Phi) is 4.23. The molecule has 1 aromatic rings. The third kappa shape index (κ3) is 3.32. The zero-order valence-corrected chi connectivity index (χ0v) is 11.8. The molecule has 0 aliphatic heterocycles. The number of carbonyl (C=O) groups is 1. The van der Waals surface area contributed by atoms with Crippen LogP contribution < -0.4 is 5.32 Å². The van der Waals surface area contributed by atoms with Crippen molar-refractivity contribution in [2.75, 3.05) is 0 Å². The number of aliphatic hydroxyl groups excluding tert-OH is 1. The molecule has 0 bridgehead atoms. The zero-order valence-electron chi connectivity index (χ0n) is 10.3. The Labute approximate surface area is 121 Å². The van der Waals surface area contributed by atoms with Crippen LogP contribution in [0.5, 0.6) is 0 Å². The van der Waals surface area contributed by atoms with Crippen LogP contribution in [0.1, 0.15) is 24.9 Å². The average Bonchev–Trinajstić information content (AvgIpc) is 3.09. The Morgan fingerprint density at radius 1 is 1.37 bits per heavy atom. The van der Waals surface area contributed by atoms with Gasteiger partial charge in [-0.25, -0.2) is 4.79 Å². The molecule has 19 heavy (non-hydrogen) atoms. The van der Waals surface area contributed by atoms with E-state index in [4.69, 9.17) is 28.3 Å². The molecule has 1 saturated carbocycles. The first-order valence-electron chi connectivity index (χ1n) is 6.02. The number of halogens is 2. The van der Waals surface area contributed by atoms with E-state index in [2.05, 4.69) is 5.32 Å². The first kappa shape index (κ1) is 14.4. The Morgan fingerprint density at radius 3 is 2.53 bits per heavy atom. The van der Waals surface area contributed by atoms with Gasteiger partial charge < -0.3 is 15.5 Å². The van der Waals surface area contributed by atoms with Gasteiger partial charge in [-0.15, -0.1) is 0 Å². The van der Waals surface area contributed by atoms with E-state index in [1.165, 1.54) is 0 Å². The van der Waals surface area contributed by atoms with Crippen molar-refractivity contribution < 1.29 is 15.0 Å². The molecule has 1 fully saturated rings. The van der Waals surface area contributed by atoms with E-state index >= 15 is 0 Å². The summed E-state index contributed by atoms with van der Waals surface area (Å²) in [6.07, 6.45) is -0.735. The summed E-state index contributed by atoms with van der Waals surface area (Å²) in [7, 11) is 0. The van der Waals surface area contributed by atoms with Crippen molar-refractivity contribution in [3.63, 3.8) is 0 Å². The highest BCUT2D eigenvalue weighted by atomic mass is 35.5. The lowest BCUT2D eigenvalue weighted by Gasteiger charge is -2.19. The van der Waals surface area contributed by atoms with Gasteiger partial charge in [-0.1, -0.05) is 29.3 Å². The van der Waals surface area contributed by atoms with E-state index in [9.17, 15) is 9.90 Å². The standard InChI is InChI=1S/C13H15Cl2NO3/c1-6(17)8-5-9(8)12(16-13(18)19)7-2-3-10(14)11(15)4-7/h2-4,6,8-9,12,16-17H,5H2,1H3,(H,18,19). The van der Waals surface area contributed by atoms with Gasteiger partial charge in [-0.2, -0.15) is 0 Å². The molecular formula is C13H15Cl2NO3. The molecule has 3 N–H and O–H groups in total. The minimum absolute atomic E-state index is 0.0911. The third-order valence-corrected chi connectivity index (χ3v) is 4.26. The summed E-state index contributed by atoms with van der Waals surface area (Å²) in [5.74, 6) is 0.208. The Bertz CT molecular complexity index is 493. The van der Waals surface area contributed by atoms with E-state index in [1.54, 1.807) is 25.1 Å². The molecular weight excluding hydrogens is 289 g/mol. The molecule has 4 atom stereocenters. The van der Waals surface area contributed by atoms with Crippen LogP contribution in [0.2, 0.25) is 10.0 Å². The van der Waals surface area contributed by atoms with Crippen LogP contribution in [0.25, 0.3) is 0 Å². The summed E-state index contributed by atoms with van der Waals surface area (Å²) in [4.78, 5) is 10.9. The highest BCUT2D eigenvalue weighted by Crippen LogP contribution is 2.49. The van der Waals surface area contributed by atoms with Crippen molar-refractivity contribution in [3.05, 3.63) is 33.8 Å². The molecule has 1 aliphatic rings. The number of rotatable bonds is 4. The van der Waals surface area contributed by atoms with Gasteiger partial charge in [0.25, 0.3) is 0 Å². The van der Waals surface area contributed by atoms with Crippen molar-refractivity contribution in [1.82, 2.24) is 5.32 Å². The summed E-state index contributed by atoms with van der Waals surface area (Å²) < 4.78 is 0. The molecule has 104 valence electrons. The summed E-state index contributed by atoms with van der Waals surface area (Å²) >= 11 is 11.8. The van der Waals surface area contributed by atoms with E-state index in [-0.39, 0.29) is 17.9 Å². The van der Waals surface area contributed by atoms with E-state index in [1.807, 2.05) is 0 Å². The van der Waals surface area contributed by atoms with Crippen molar-refractivity contribution in [1.29, 1.82) is 0 Å². The molecule has 0 spiro atoms. The van der Waals surface area contributed by atoms with E-state index in [0.717, 1.165) is 12.0 Å². The number of amides is 1. The average molecular weight is 304 g/mol. The van der Waals surface area contributed by atoms with Crippen LogP contribution in [0, 0.1) is 11.8 Å². The van der Waals surface area contributed by atoms with Gasteiger partial charge in [0.05, 0.1) is 22.2 Å². The zero-order chi connectivity index (χ0) is 14.2. The minimum Gasteiger partial charge on any atom is -0.465 e. The second-order valence-corrected chi connectivity index (χ2v) is 5.72. The predicted octanol–water partition coefficient (Wildman–Crippen LogP) is 3.32. The molecule has 0 radical (unpaired) electrons. The molecule has 0 saturated heterocycles. The van der Waals surface area contributed by atoms with Gasteiger partial charge in [0, 0.05) is 0 Å². The lowest BCUT2D eigenvalue weighted by Crippen LogP contribution is -2.29. The van der Waals surface area contributed by atoms with Crippen LogP contribution in [0.15, 0.2) is 18.2 Å². The van der Waals surface area contributed by atoms with E-state index < -0.39 is 12.2 Å². The Hall–Kier alpha value is -0.970. The van der Waals surface area contributed by atoms with Crippen molar-refractivity contribution in [2.24, 2.45) is 11.8 Å². The quantitative estimate of drug-likeness (QED) is 0.799. The largest absolute Gasteiger partial charge is 0.465 e. The highest BCUT2D eigenvalue weighted by Gasteiger charge is 2.46.